The average molecular weight is 318 g/mol. The Kier molecular flexibility index (Phi) is 4.13. The zero-order chi connectivity index (χ0) is 15.5. The van der Waals surface area contributed by atoms with Gasteiger partial charge < -0.3 is 0 Å². The molecule has 0 saturated carbocycles. The summed E-state index contributed by atoms with van der Waals surface area (Å²) < 4.78 is 26.9. The van der Waals surface area contributed by atoms with Crippen LogP contribution in [0.3, 0.4) is 0 Å². The zero-order valence-corrected chi connectivity index (χ0v) is 12.1. The van der Waals surface area contributed by atoms with E-state index in [1.165, 1.54) is 30.3 Å². The molecule has 21 heavy (non-hydrogen) atoms. The lowest BCUT2D eigenvalue weighted by Crippen LogP contribution is -2.13. The molecule has 7 heteroatoms. The van der Waals surface area contributed by atoms with Gasteiger partial charge in [0.15, 0.2) is 0 Å². The van der Waals surface area contributed by atoms with E-state index >= 15 is 0 Å². The smallest absolute Gasteiger partial charge is 0.263 e. The number of rotatable bonds is 3. The molecule has 0 aliphatic carbocycles. The van der Waals surface area contributed by atoms with Gasteiger partial charge in [0, 0.05) is 0 Å². The first kappa shape index (κ1) is 14.9. The predicted molar refractivity (Wildman–Crippen MR) is 78.1 cm³/mol. The Bertz CT molecular complexity index is 880. The highest BCUT2D eigenvalue weighted by Gasteiger charge is 2.18. The number of anilines is 1. The molecule has 2 aromatic rings. The fourth-order valence-corrected chi connectivity index (χ4v) is 3.25. The number of nitrogens with one attached hydrogen (secondary N) is 1. The Balaban J connectivity index is 2.39. The first-order valence-electron chi connectivity index (χ1n) is 5.69. The maximum atomic E-state index is 12.3. The summed E-state index contributed by atoms with van der Waals surface area (Å²) in [6, 6.07) is 13.8. The highest BCUT2D eigenvalue weighted by Crippen LogP contribution is 2.25. The molecule has 0 spiro atoms. The first-order valence-corrected chi connectivity index (χ1v) is 7.55. The van der Waals surface area contributed by atoms with Gasteiger partial charge in [-0.25, -0.2) is 8.42 Å². The third-order valence-corrected chi connectivity index (χ3v) is 4.46. The van der Waals surface area contributed by atoms with Gasteiger partial charge in [0.05, 0.1) is 34.0 Å². The van der Waals surface area contributed by atoms with Crippen LogP contribution in [0, 0.1) is 22.7 Å². The number of nitrogens with zero attached hydrogens (tertiary/aromatic N) is 2. The van der Waals surface area contributed by atoms with E-state index in [2.05, 4.69) is 4.72 Å². The first-order chi connectivity index (χ1) is 9.96. The molecule has 0 atom stereocenters. The highest BCUT2D eigenvalue weighted by molar-refractivity contribution is 7.92. The van der Waals surface area contributed by atoms with Crippen molar-refractivity contribution in [2.45, 2.75) is 4.90 Å². The van der Waals surface area contributed by atoms with Crippen LogP contribution < -0.4 is 4.72 Å². The standard InChI is InChI=1S/C14H8ClN3O2S/c15-13-7-11(9-17)4-5-14(13)21(19,20)18-12-3-1-2-10(6-12)8-16/h1-7,18H. The molecule has 1 N–H and O–H groups in total. The Morgan fingerprint density at radius 3 is 2.29 bits per heavy atom. The Morgan fingerprint density at radius 1 is 1.00 bits per heavy atom. The normalized spacial score (nSPS) is 10.4. The van der Waals surface area contributed by atoms with Crippen molar-refractivity contribution in [2.24, 2.45) is 0 Å². The summed E-state index contributed by atoms with van der Waals surface area (Å²) in [5.41, 5.74) is 0.862. The summed E-state index contributed by atoms with van der Waals surface area (Å²) in [6.45, 7) is 0. The second kappa shape index (κ2) is 5.84. The van der Waals surface area contributed by atoms with Crippen LogP contribution in [-0.2, 0) is 10.0 Å². The molecule has 0 bridgehead atoms. The lowest BCUT2D eigenvalue weighted by Gasteiger charge is -2.09. The molecular formula is C14H8ClN3O2S. The topological polar surface area (TPSA) is 93.8 Å². The molecule has 0 heterocycles. The molecule has 0 saturated heterocycles. The largest absolute Gasteiger partial charge is 0.280 e. The van der Waals surface area contributed by atoms with Gasteiger partial charge in [0.2, 0.25) is 0 Å². The molecule has 2 aromatic carbocycles. The number of sulfonamides is 1. The van der Waals surface area contributed by atoms with E-state index < -0.39 is 10.0 Å². The summed E-state index contributed by atoms with van der Waals surface area (Å²) >= 11 is 5.89. The fraction of sp³-hybridized carbons (Fsp3) is 0. The molecule has 0 unspecified atom stereocenters. The number of benzene rings is 2. The fourth-order valence-electron chi connectivity index (χ4n) is 1.65. The molecule has 5 nitrogen and oxygen atoms in total. The lowest BCUT2D eigenvalue weighted by atomic mass is 10.2. The van der Waals surface area contributed by atoms with Crippen molar-refractivity contribution in [2.75, 3.05) is 4.72 Å². The maximum Gasteiger partial charge on any atom is 0.263 e. The molecule has 0 radical (unpaired) electrons. The molecule has 0 fully saturated rings. The summed E-state index contributed by atoms with van der Waals surface area (Å²) in [7, 11) is -3.89. The van der Waals surface area contributed by atoms with Crippen LogP contribution in [-0.4, -0.2) is 8.42 Å². The van der Waals surface area contributed by atoms with Crippen molar-refractivity contribution in [3.8, 4) is 12.1 Å². The third-order valence-electron chi connectivity index (χ3n) is 2.59. The van der Waals surface area contributed by atoms with Gasteiger partial charge in [0.1, 0.15) is 4.90 Å². The quantitative estimate of drug-likeness (QED) is 0.941. The van der Waals surface area contributed by atoms with E-state index in [1.54, 1.807) is 12.1 Å². The maximum absolute atomic E-state index is 12.3. The van der Waals surface area contributed by atoms with Crippen LogP contribution >= 0.6 is 11.6 Å². The van der Waals surface area contributed by atoms with Crippen LogP contribution in [0.2, 0.25) is 5.02 Å². The number of hydrogen-bond acceptors (Lipinski definition) is 4. The molecule has 0 aliphatic heterocycles. The molecule has 0 aromatic heterocycles. The third kappa shape index (κ3) is 3.32. The molecule has 104 valence electrons. The van der Waals surface area contributed by atoms with Gasteiger partial charge in [-0.05, 0) is 36.4 Å². The van der Waals surface area contributed by atoms with E-state index in [-0.39, 0.29) is 21.2 Å². The second-order valence-electron chi connectivity index (χ2n) is 4.06. The average Bonchev–Trinajstić information content (AvgIpc) is 2.46. The summed E-state index contributed by atoms with van der Waals surface area (Å²) in [4.78, 5) is -0.134. The summed E-state index contributed by atoms with van der Waals surface area (Å²) in [5.74, 6) is 0. The van der Waals surface area contributed by atoms with Crippen molar-refractivity contribution >= 4 is 27.3 Å². The minimum atomic E-state index is -3.89. The minimum absolute atomic E-state index is 0.0435. The monoisotopic (exact) mass is 317 g/mol. The Labute approximate surface area is 127 Å². The summed E-state index contributed by atoms with van der Waals surface area (Å²) in [6.07, 6.45) is 0. The second-order valence-corrected chi connectivity index (χ2v) is 6.11. The van der Waals surface area contributed by atoms with E-state index in [1.807, 2.05) is 12.1 Å². The highest BCUT2D eigenvalue weighted by atomic mass is 35.5. The Morgan fingerprint density at radius 2 is 1.67 bits per heavy atom. The SMILES string of the molecule is N#Cc1cccc(NS(=O)(=O)c2ccc(C#N)cc2Cl)c1. The van der Waals surface area contributed by atoms with Crippen molar-refractivity contribution < 1.29 is 8.42 Å². The molecule has 2 rings (SSSR count). The van der Waals surface area contributed by atoms with Gasteiger partial charge in [-0.3, -0.25) is 4.72 Å². The van der Waals surface area contributed by atoms with Crippen molar-refractivity contribution in [1.82, 2.24) is 0 Å². The molecular weight excluding hydrogens is 310 g/mol. The van der Waals surface area contributed by atoms with E-state index in [0.29, 0.717) is 5.56 Å². The number of halogens is 1. The van der Waals surface area contributed by atoms with Crippen LogP contribution in [0.1, 0.15) is 11.1 Å². The van der Waals surface area contributed by atoms with Gasteiger partial charge in [0.25, 0.3) is 10.0 Å². The van der Waals surface area contributed by atoms with Crippen molar-refractivity contribution in [1.29, 1.82) is 10.5 Å². The van der Waals surface area contributed by atoms with Gasteiger partial charge in [-0.2, -0.15) is 10.5 Å². The van der Waals surface area contributed by atoms with Gasteiger partial charge in [-0.15, -0.1) is 0 Å². The van der Waals surface area contributed by atoms with Crippen LogP contribution in [0.5, 0.6) is 0 Å². The van der Waals surface area contributed by atoms with Crippen LogP contribution in [0.4, 0.5) is 5.69 Å². The van der Waals surface area contributed by atoms with Crippen LogP contribution in [0.15, 0.2) is 47.4 Å². The number of hydrogen-bond donors (Lipinski definition) is 1. The van der Waals surface area contributed by atoms with E-state index in [4.69, 9.17) is 22.1 Å². The Hall–Kier alpha value is -2.54. The van der Waals surface area contributed by atoms with E-state index in [0.717, 1.165) is 0 Å². The molecule has 0 aliphatic rings. The van der Waals surface area contributed by atoms with Gasteiger partial charge >= 0.3 is 0 Å². The van der Waals surface area contributed by atoms with Crippen molar-refractivity contribution in [3.05, 3.63) is 58.6 Å². The van der Waals surface area contributed by atoms with Gasteiger partial charge in [-0.1, -0.05) is 17.7 Å². The zero-order valence-electron chi connectivity index (χ0n) is 10.5. The van der Waals surface area contributed by atoms with Crippen LogP contribution in [0.25, 0.3) is 0 Å². The molecule has 0 amide bonds. The predicted octanol–water partition coefficient (Wildman–Crippen LogP) is 2.88. The minimum Gasteiger partial charge on any atom is -0.280 e. The number of nitriles is 2. The lowest BCUT2D eigenvalue weighted by molar-refractivity contribution is 0.601. The van der Waals surface area contributed by atoms with Crippen molar-refractivity contribution in [3.63, 3.8) is 0 Å². The van der Waals surface area contributed by atoms with E-state index in [9.17, 15) is 8.42 Å². The summed E-state index contributed by atoms with van der Waals surface area (Å²) in [5, 5.41) is 17.5.